The molecular formula is C14H18FN3. The molecule has 2 aromatic rings. The van der Waals surface area contributed by atoms with Crippen LogP contribution in [0.4, 0.5) is 4.39 Å². The Balaban J connectivity index is 2.36. The van der Waals surface area contributed by atoms with E-state index in [2.05, 4.69) is 28.7 Å². The quantitative estimate of drug-likeness (QED) is 0.880. The topological polar surface area (TPSA) is 29.9 Å². The highest BCUT2D eigenvalue weighted by Crippen LogP contribution is 2.21. The number of halogens is 1. The van der Waals surface area contributed by atoms with E-state index in [1.807, 2.05) is 6.20 Å². The Morgan fingerprint density at radius 1 is 1.28 bits per heavy atom. The summed E-state index contributed by atoms with van der Waals surface area (Å²) in [6, 6.07) is 6.58. The molecule has 4 heteroatoms. The molecule has 2 rings (SSSR count). The van der Waals surface area contributed by atoms with Gasteiger partial charge in [-0.3, -0.25) is 0 Å². The molecule has 0 saturated heterocycles. The highest BCUT2D eigenvalue weighted by molar-refractivity contribution is 5.25. The molecule has 0 saturated carbocycles. The van der Waals surface area contributed by atoms with Gasteiger partial charge in [-0.15, -0.1) is 0 Å². The van der Waals surface area contributed by atoms with Crippen LogP contribution in [0.5, 0.6) is 0 Å². The lowest BCUT2D eigenvalue weighted by Crippen LogP contribution is -2.25. The second-order valence-electron chi connectivity index (χ2n) is 4.11. The monoisotopic (exact) mass is 247 g/mol. The third-order valence-electron chi connectivity index (χ3n) is 2.96. The van der Waals surface area contributed by atoms with Crippen molar-refractivity contribution in [2.45, 2.75) is 26.4 Å². The zero-order valence-corrected chi connectivity index (χ0v) is 10.7. The number of rotatable bonds is 5. The fourth-order valence-corrected chi connectivity index (χ4v) is 2.07. The number of hydrogen-bond donors (Lipinski definition) is 1. The van der Waals surface area contributed by atoms with Crippen molar-refractivity contribution in [3.63, 3.8) is 0 Å². The van der Waals surface area contributed by atoms with Gasteiger partial charge < -0.3 is 9.88 Å². The molecule has 1 heterocycles. The van der Waals surface area contributed by atoms with Crippen LogP contribution in [0, 0.1) is 5.82 Å². The first-order chi connectivity index (χ1) is 8.76. The van der Waals surface area contributed by atoms with Gasteiger partial charge in [-0.05, 0) is 31.2 Å². The maximum atomic E-state index is 13.0. The average molecular weight is 247 g/mol. The molecule has 0 spiro atoms. The van der Waals surface area contributed by atoms with Crippen LogP contribution in [0.1, 0.15) is 31.3 Å². The molecule has 0 amide bonds. The van der Waals surface area contributed by atoms with Crippen molar-refractivity contribution in [3.05, 3.63) is 53.9 Å². The highest BCUT2D eigenvalue weighted by Gasteiger charge is 2.17. The molecule has 0 aliphatic heterocycles. The molecule has 18 heavy (non-hydrogen) atoms. The minimum atomic E-state index is -0.215. The first-order valence-corrected chi connectivity index (χ1v) is 6.26. The third kappa shape index (κ3) is 2.59. The van der Waals surface area contributed by atoms with Gasteiger partial charge in [0.2, 0.25) is 0 Å². The molecule has 1 aromatic carbocycles. The lowest BCUT2D eigenvalue weighted by molar-refractivity contribution is 0.557. The van der Waals surface area contributed by atoms with E-state index in [9.17, 15) is 4.39 Å². The van der Waals surface area contributed by atoms with Crippen LogP contribution in [0.3, 0.4) is 0 Å². The average Bonchev–Trinajstić information content (AvgIpc) is 2.85. The van der Waals surface area contributed by atoms with E-state index in [0.717, 1.165) is 24.5 Å². The molecule has 1 N–H and O–H groups in total. The first kappa shape index (κ1) is 12.8. The van der Waals surface area contributed by atoms with E-state index in [4.69, 9.17) is 0 Å². The van der Waals surface area contributed by atoms with E-state index in [1.165, 1.54) is 12.1 Å². The van der Waals surface area contributed by atoms with Crippen LogP contribution < -0.4 is 5.32 Å². The molecule has 1 aromatic heterocycles. The van der Waals surface area contributed by atoms with Crippen LogP contribution in [0.2, 0.25) is 0 Å². The first-order valence-electron chi connectivity index (χ1n) is 6.26. The fraction of sp³-hybridized carbons (Fsp3) is 0.357. The van der Waals surface area contributed by atoms with Crippen molar-refractivity contribution in [1.29, 1.82) is 0 Å². The third-order valence-corrected chi connectivity index (χ3v) is 2.96. The Kier molecular flexibility index (Phi) is 4.10. The number of nitrogens with one attached hydrogen (secondary N) is 1. The number of aryl methyl sites for hydroxylation is 1. The predicted octanol–water partition coefficient (Wildman–Crippen LogP) is 2.74. The zero-order valence-electron chi connectivity index (χ0n) is 10.7. The number of imidazole rings is 1. The summed E-state index contributed by atoms with van der Waals surface area (Å²) in [5.41, 5.74) is 1.03. The second kappa shape index (κ2) is 5.78. The van der Waals surface area contributed by atoms with Crippen LogP contribution >= 0.6 is 0 Å². The maximum Gasteiger partial charge on any atom is 0.130 e. The van der Waals surface area contributed by atoms with Crippen LogP contribution in [-0.2, 0) is 6.54 Å². The summed E-state index contributed by atoms with van der Waals surface area (Å²) >= 11 is 0. The summed E-state index contributed by atoms with van der Waals surface area (Å²) in [4.78, 5) is 4.41. The van der Waals surface area contributed by atoms with Gasteiger partial charge in [0.25, 0.3) is 0 Å². The van der Waals surface area contributed by atoms with Gasteiger partial charge in [-0.25, -0.2) is 9.37 Å². The van der Waals surface area contributed by atoms with Gasteiger partial charge in [-0.2, -0.15) is 0 Å². The summed E-state index contributed by atoms with van der Waals surface area (Å²) in [5, 5.41) is 3.39. The smallest absolute Gasteiger partial charge is 0.130 e. The Morgan fingerprint density at radius 3 is 2.61 bits per heavy atom. The second-order valence-corrected chi connectivity index (χ2v) is 4.11. The van der Waals surface area contributed by atoms with Crippen molar-refractivity contribution in [1.82, 2.24) is 14.9 Å². The Bertz CT molecular complexity index is 490. The number of hydrogen-bond acceptors (Lipinski definition) is 2. The van der Waals surface area contributed by atoms with Gasteiger partial charge >= 0.3 is 0 Å². The minimum Gasteiger partial charge on any atom is -0.334 e. The summed E-state index contributed by atoms with van der Waals surface area (Å²) in [6.45, 7) is 5.84. The van der Waals surface area contributed by atoms with E-state index < -0.39 is 0 Å². The Morgan fingerprint density at radius 2 is 2.00 bits per heavy atom. The van der Waals surface area contributed by atoms with Gasteiger partial charge in [0.1, 0.15) is 11.6 Å². The molecule has 3 nitrogen and oxygen atoms in total. The van der Waals surface area contributed by atoms with Crippen molar-refractivity contribution >= 4 is 0 Å². The Labute approximate surface area is 107 Å². The molecule has 0 radical (unpaired) electrons. The number of nitrogens with zero attached hydrogens (tertiary/aromatic N) is 2. The molecular weight excluding hydrogens is 229 g/mol. The minimum absolute atomic E-state index is 0.00514. The molecule has 0 fully saturated rings. The van der Waals surface area contributed by atoms with Crippen molar-refractivity contribution in [2.24, 2.45) is 0 Å². The number of benzene rings is 1. The molecule has 0 bridgehead atoms. The normalized spacial score (nSPS) is 12.6. The molecule has 0 aliphatic carbocycles. The predicted molar refractivity (Wildman–Crippen MR) is 69.8 cm³/mol. The van der Waals surface area contributed by atoms with Crippen molar-refractivity contribution in [2.75, 3.05) is 6.54 Å². The van der Waals surface area contributed by atoms with E-state index in [1.54, 1.807) is 18.3 Å². The van der Waals surface area contributed by atoms with Gasteiger partial charge in [-0.1, -0.05) is 19.1 Å². The molecule has 1 unspecified atom stereocenters. The SMILES string of the molecule is CCNC(c1ccc(F)cc1)c1nccn1CC. The molecule has 96 valence electrons. The number of aromatic nitrogens is 2. The summed E-state index contributed by atoms with van der Waals surface area (Å²) in [6.07, 6.45) is 3.76. The standard InChI is InChI=1S/C14H18FN3/c1-3-16-13(11-5-7-12(15)8-6-11)14-17-9-10-18(14)4-2/h5-10,13,16H,3-4H2,1-2H3. The lowest BCUT2D eigenvalue weighted by Gasteiger charge is -2.19. The lowest BCUT2D eigenvalue weighted by atomic mass is 10.1. The zero-order chi connectivity index (χ0) is 13.0. The summed E-state index contributed by atoms with van der Waals surface area (Å²) in [7, 11) is 0. The maximum absolute atomic E-state index is 13.0. The fourth-order valence-electron chi connectivity index (χ4n) is 2.07. The van der Waals surface area contributed by atoms with Crippen molar-refractivity contribution < 1.29 is 4.39 Å². The van der Waals surface area contributed by atoms with Crippen molar-refractivity contribution in [3.8, 4) is 0 Å². The molecule has 1 atom stereocenters. The van der Waals surface area contributed by atoms with E-state index in [-0.39, 0.29) is 11.9 Å². The van der Waals surface area contributed by atoms with Gasteiger partial charge in [0, 0.05) is 18.9 Å². The summed E-state index contributed by atoms with van der Waals surface area (Å²) in [5.74, 6) is 0.749. The summed E-state index contributed by atoms with van der Waals surface area (Å²) < 4.78 is 15.1. The highest BCUT2D eigenvalue weighted by atomic mass is 19.1. The largest absolute Gasteiger partial charge is 0.334 e. The van der Waals surface area contributed by atoms with Gasteiger partial charge in [0.05, 0.1) is 6.04 Å². The molecule has 0 aliphatic rings. The van der Waals surface area contributed by atoms with E-state index >= 15 is 0 Å². The Hall–Kier alpha value is -1.68. The van der Waals surface area contributed by atoms with E-state index in [0.29, 0.717) is 0 Å². The van der Waals surface area contributed by atoms with Gasteiger partial charge in [0.15, 0.2) is 0 Å². The van der Waals surface area contributed by atoms with Crippen LogP contribution in [0.25, 0.3) is 0 Å². The van der Waals surface area contributed by atoms with Crippen LogP contribution in [-0.4, -0.2) is 16.1 Å². The van der Waals surface area contributed by atoms with Crippen LogP contribution in [0.15, 0.2) is 36.7 Å².